The number of fused-ring (bicyclic) bond motifs is 1. The van der Waals surface area contributed by atoms with Crippen LogP contribution in [0.15, 0.2) is 47.4 Å². The van der Waals surface area contributed by atoms with E-state index in [4.69, 9.17) is 9.47 Å². The van der Waals surface area contributed by atoms with Crippen LogP contribution in [0.5, 0.6) is 11.5 Å². The minimum absolute atomic E-state index is 0.107. The molecule has 0 unspecified atom stereocenters. The molecule has 0 bridgehead atoms. The van der Waals surface area contributed by atoms with Gasteiger partial charge in [-0.3, -0.25) is 0 Å². The van der Waals surface area contributed by atoms with Gasteiger partial charge in [-0.25, -0.2) is 17.6 Å². The maximum absolute atomic E-state index is 14.0. The molecule has 2 amide bonds. The van der Waals surface area contributed by atoms with Crippen molar-refractivity contribution in [1.29, 1.82) is 0 Å². The molecule has 2 aromatic rings. The number of nitrogens with zero attached hydrogens (tertiary/aromatic N) is 2. The highest BCUT2D eigenvalue weighted by atomic mass is 32.2. The summed E-state index contributed by atoms with van der Waals surface area (Å²) in [5.74, 6) is 0.637. The summed E-state index contributed by atoms with van der Waals surface area (Å²) in [5, 5.41) is 2.95. The number of halogens is 1. The highest BCUT2D eigenvalue weighted by molar-refractivity contribution is 7.89. The van der Waals surface area contributed by atoms with E-state index in [9.17, 15) is 17.6 Å². The van der Waals surface area contributed by atoms with Gasteiger partial charge in [-0.15, -0.1) is 0 Å². The molecule has 0 radical (unpaired) electrons. The van der Waals surface area contributed by atoms with Gasteiger partial charge in [0.25, 0.3) is 0 Å². The van der Waals surface area contributed by atoms with E-state index in [0.717, 1.165) is 11.6 Å². The molecule has 0 spiro atoms. The summed E-state index contributed by atoms with van der Waals surface area (Å²) < 4.78 is 51.9. The van der Waals surface area contributed by atoms with Crippen molar-refractivity contribution in [3.63, 3.8) is 0 Å². The first-order valence-electron chi connectivity index (χ1n) is 10.9. The zero-order chi connectivity index (χ0) is 23.6. The molecule has 4 rings (SSSR count). The first-order chi connectivity index (χ1) is 15.7. The summed E-state index contributed by atoms with van der Waals surface area (Å²) in [5.41, 5.74) is 0.648. The number of ether oxygens (including phenoxy) is 2. The fourth-order valence-electron chi connectivity index (χ4n) is 3.90. The SMILES string of the molecule is CC(C)(CNC(=O)N1CCN(S(=O)(=O)c2ccccc2F)CC1)c1ccc2c(c1)OCCO2. The van der Waals surface area contributed by atoms with Crippen molar-refractivity contribution >= 4 is 16.1 Å². The number of amides is 2. The van der Waals surface area contributed by atoms with Crippen LogP contribution in [0, 0.1) is 5.82 Å². The molecule has 0 atom stereocenters. The number of hydrogen-bond acceptors (Lipinski definition) is 5. The number of hydrogen-bond donors (Lipinski definition) is 1. The summed E-state index contributed by atoms with van der Waals surface area (Å²) in [4.78, 5) is 14.0. The molecule has 8 nitrogen and oxygen atoms in total. The molecule has 1 N–H and O–H groups in total. The average molecular weight is 478 g/mol. The van der Waals surface area contributed by atoms with E-state index in [-0.39, 0.29) is 42.5 Å². The number of piperazine rings is 1. The minimum Gasteiger partial charge on any atom is -0.486 e. The standard InChI is InChI=1S/C23H28FN3O5S/c1-23(2,17-7-8-19-20(15-17)32-14-13-31-19)16-25-22(28)26-9-11-27(12-10-26)33(29,30)21-6-4-3-5-18(21)24/h3-8,15H,9-14,16H2,1-2H3,(H,25,28). The highest BCUT2D eigenvalue weighted by Crippen LogP contribution is 2.35. The van der Waals surface area contributed by atoms with Gasteiger partial charge in [0.1, 0.15) is 23.9 Å². The van der Waals surface area contributed by atoms with E-state index >= 15 is 0 Å². The van der Waals surface area contributed by atoms with Gasteiger partial charge in [0, 0.05) is 38.1 Å². The first kappa shape index (κ1) is 23.3. The van der Waals surface area contributed by atoms with Gasteiger partial charge in [-0.2, -0.15) is 4.31 Å². The Morgan fingerprint density at radius 1 is 1.03 bits per heavy atom. The molecule has 1 fully saturated rings. The summed E-state index contributed by atoms with van der Waals surface area (Å²) >= 11 is 0. The fourth-order valence-corrected chi connectivity index (χ4v) is 5.39. The lowest BCUT2D eigenvalue weighted by molar-refractivity contribution is 0.169. The van der Waals surface area contributed by atoms with Crippen LogP contribution in [0.1, 0.15) is 19.4 Å². The van der Waals surface area contributed by atoms with Crippen LogP contribution < -0.4 is 14.8 Å². The Bertz CT molecular complexity index is 1130. The maximum Gasteiger partial charge on any atom is 0.317 e. The number of sulfonamides is 1. The molecule has 0 aliphatic carbocycles. The van der Waals surface area contributed by atoms with E-state index in [1.165, 1.54) is 22.5 Å². The largest absolute Gasteiger partial charge is 0.486 e. The summed E-state index contributed by atoms with van der Waals surface area (Å²) in [6, 6.07) is 10.8. The van der Waals surface area contributed by atoms with Crippen molar-refractivity contribution in [2.75, 3.05) is 45.9 Å². The van der Waals surface area contributed by atoms with Gasteiger partial charge in [0.15, 0.2) is 11.5 Å². The number of carbonyl (C=O) groups excluding carboxylic acids is 1. The zero-order valence-corrected chi connectivity index (χ0v) is 19.5. The molecule has 2 aliphatic heterocycles. The predicted octanol–water partition coefficient (Wildman–Crippen LogP) is 2.59. The molecule has 0 aromatic heterocycles. The number of urea groups is 1. The Morgan fingerprint density at radius 2 is 1.70 bits per heavy atom. The summed E-state index contributed by atoms with van der Waals surface area (Å²) in [6.45, 7) is 6.14. The third-order valence-corrected chi connectivity index (χ3v) is 7.92. The van der Waals surface area contributed by atoms with Crippen LogP contribution in [-0.4, -0.2) is 69.6 Å². The normalized spacial score (nSPS) is 17.0. The van der Waals surface area contributed by atoms with Crippen molar-refractivity contribution in [2.45, 2.75) is 24.2 Å². The van der Waals surface area contributed by atoms with Crippen molar-refractivity contribution in [3.8, 4) is 11.5 Å². The quantitative estimate of drug-likeness (QED) is 0.715. The van der Waals surface area contributed by atoms with Crippen LogP contribution in [0.25, 0.3) is 0 Å². The number of rotatable bonds is 5. The smallest absolute Gasteiger partial charge is 0.317 e. The van der Waals surface area contributed by atoms with Gasteiger partial charge in [0.2, 0.25) is 10.0 Å². The second-order valence-corrected chi connectivity index (χ2v) is 10.6. The lowest BCUT2D eigenvalue weighted by atomic mass is 9.84. The Kier molecular flexibility index (Phi) is 6.49. The lowest BCUT2D eigenvalue weighted by Crippen LogP contribution is -2.54. The van der Waals surface area contributed by atoms with E-state index < -0.39 is 15.8 Å². The van der Waals surface area contributed by atoms with Crippen molar-refractivity contribution in [3.05, 3.63) is 53.8 Å². The second-order valence-electron chi connectivity index (χ2n) is 8.72. The maximum atomic E-state index is 14.0. The third kappa shape index (κ3) is 4.91. The summed E-state index contributed by atoms with van der Waals surface area (Å²) in [7, 11) is -3.94. The Morgan fingerprint density at radius 3 is 2.39 bits per heavy atom. The third-order valence-electron chi connectivity index (χ3n) is 5.99. The molecule has 10 heteroatoms. The van der Waals surface area contributed by atoms with E-state index in [0.29, 0.717) is 31.3 Å². The molecule has 2 aromatic carbocycles. The van der Waals surface area contributed by atoms with Crippen LogP contribution >= 0.6 is 0 Å². The lowest BCUT2D eigenvalue weighted by Gasteiger charge is -2.35. The van der Waals surface area contributed by atoms with E-state index in [1.807, 2.05) is 32.0 Å². The predicted molar refractivity (Wildman–Crippen MR) is 121 cm³/mol. The van der Waals surface area contributed by atoms with Crippen LogP contribution in [0.2, 0.25) is 0 Å². The minimum atomic E-state index is -3.94. The topological polar surface area (TPSA) is 88.2 Å². The van der Waals surface area contributed by atoms with Crippen LogP contribution in [0.4, 0.5) is 9.18 Å². The highest BCUT2D eigenvalue weighted by Gasteiger charge is 2.32. The molecule has 1 saturated heterocycles. The molecule has 33 heavy (non-hydrogen) atoms. The molecular formula is C23H28FN3O5S. The Balaban J connectivity index is 1.33. The Labute approximate surface area is 193 Å². The molecule has 0 saturated carbocycles. The molecule has 178 valence electrons. The van der Waals surface area contributed by atoms with Gasteiger partial charge in [-0.1, -0.05) is 32.0 Å². The van der Waals surface area contributed by atoms with E-state index in [2.05, 4.69) is 5.32 Å². The monoisotopic (exact) mass is 477 g/mol. The first-order valence-corrected chi connectivity index (χ1v) is 12.3. The number of benzene rings is 2. The number of carbonyl (C=O) groups is 1. The molecular weight excluding hydrogens is 449 g/mol. The van der Waals surface area contributed by atoms with Gasteiger partial charge in [0.05, 0.1) is 0 Å². The van der Waals surface area contributed by atoms with Crippen LogP contribution in [0.3, 0.4) is 0 Å². The second kappa shape index (κ2) is 9.18. The number of nitrogens with one attached hydrogen (secondary N) is 1. The van der Waals surface area contributed by atoms with Crippen molar-refractivity contribution < 1.29 is 27.1 Å². The van der Waals surface area contributed by atoms with E-state index in [1.54, 1.807) is 4.90 Å². The van der Waals surface area contributed by atoms with Crippen molar-refractivity contribution in [1.82, 2.24) is 14.5 Å². The molecule has 2 aliphatic rings. The molecule has 2 heterocycles. The van der Waals surface area contributed by atoms with Crippen molar-refractivity contribution in [2.24, 2.45) is 0 Å². The van der Waals surface area contributed by atoms with Crippen LogP contribution in [-0.2, 0) is 15.4 Å². The van der Waals surface area contributed by atoms with Gasteiger partial charge in [-0.05, 0) is 29.8 Å². The van der Waals surface area contributed by atoms with Gasteiger partial charge >= 0.3 is 6.03 Å². The Hall–Kier alpha value is -2.85. The fraction of sp³-hybridized carbons (Fsp3) is 0.435. The average Bonchev–Trinajstić information content (AvgIpc) is 2.82. The summed E-state index contributed by atoms with van der Waals surface area (Å²) in [6.07, 6.45) is 0. The zero-order valence-electron chi connectivity index (χ0n) is 18.7. The van der Waals surface area contributed by atoms with Gasteiger partial charge < -0.3 is 19.7 Å².